The van der Waals surface area contributed by atoms with Crippen LogP contribution in [0.1, 0.15) is 112 Å². The first kappa shape index (κ1) is 34.4. The van der Waals surface area contributed by atoms with Gasteiger partial charge in [0.25, 0.3) is 0 Å². The van der Waals surface area contributed by atoms with Gasteiger partial charge in [-0.15, -0.1) is 10.2 Å². The minimum absolute atomic E-state index is 0.0312. The number of likely N-dealkylation sites (tertiary alicyclic amines) is 1. The highest BCUT2D eigenvalue weighted by Gasteiger charge is 2.84. The Hall–Kier alpha value is -2.40. The molecule has 0 aromatic carbocycles. The number of fused-ring (bicyclic) bond motifs is 5. The lowest BCUT2D eigenvalue weighted by molar-refractivity contribution is -0.185. The zero-order valence-corrected chi connectivity index (χ0v) is 32.0. The van der Waals surface area contributed by atoms with Crippen molar-refractivity contribution in [3.63, 3.8) is 0 Å². The van der Waals surface area contributed by atoms with Crippen LogP contribution >= 0.6 is 0 Å². The predicted molar refractivity (Wildman–Crippen MR) is 188 cm³/mol. The molecule has 51 heavy (non-hydrogen) atoms. The van der Waals surface area contributed by atoms with Crippen molar-refractivity contribution in [2.24, 2.45) is 56.7 Å². The van der Waals surface area contributed by atoms with E-state index in [-0.39, 0.29) is 75.5 Å². The summed E-state index contributed by atoms with van der Waals surface area (Å²) in [6, 6.07) is 0. The van der Waals surface area contributed by atoms with Crippen LogP contribution in [-0.2, 0) is 27.3 Å². The van der Waals surface area contributed by atoms with Gasteiger partial charge in [-0.05, 0) is 104 Å². The van der Waals surface area contributed by atoms with Gasteiger partial charge in [0.05, 0.1) is 24.9 Å². The highest BCUT2D eigenvalue weighted by molar-refractivity contribution is 5.69. The van der Waals surface area contributed by atoms with Crippen molar-refractivity contribution in [1.82, 2.24) is 24.6 Å². The summed E-state index contributed by atoms with van der Waals surface area (Å²) in [7, 11) is 0. The van der Waals surface area contributed by atoms with Crippen LogP contribution in [0.5, 0.6) is 0 Å². The first-order valence-electron chi connectivity index (χ1n) is 20.3. The molecule has 1 aromatic rings. The van der Waals surface area contributed by atoms with Crippen molar-refractivity contribution in [3.05, 3.63) is 12.2 Å². The van der Waals surface area contributed by atoms with Crippen molar-refractivity contribution in [1.29, 1.82) is 0 Å². The normalized spacial score (nSPS) is 46.7. The summed E-state index contributed by atoms with van der Waals surface area (Å²) in [5, 5.41) is 20.9. The fourth-order valence-corrected chi connectivity index (χ4v) is 14.5. The third-order valence-electron chi connectivity index (χ3n) is 17.3. The lowest BCUT2D eigenvalue weighted by atomic mass is 9.41. The van der Waals surface area contributed by atoms with Gasteiger partial charge in [-0.2, -0.15) is 0 Å². The molecule has 8 aliphatic rings. The number of carbonyl (C=O) groups excluding carboxylic acids is 2. The molecule has 0 bridgehead atoms. The highest BCUT2D eigenvalue weighted by atomic mass is 16.6. The molecular weight excluding hydrogens is 646 g/mol. The molecule has 4 heterocycles. The molecule has 2 amide bonds. The van der Waals surface area contributed by atoms with Crippen molar-refractivity contribution in [2.75, 3.05) is 19.6 Å². The van der Waals surface area contributed by atoms with E-state index in [9.17, 15) is 14.7 Å². The van der Waals surface area contributed by atoms with Gasteiger partial charge in [0.2, 0.25) is 0 Å². The third kappa shape index (κ3) is 4.48. The van der Waals surface area contributed by atoms with Crippen molar-refractivity contribution < 1.29 is 28.9 Å². The zero-order valence-electron chi connectivity index (χ0n) is 32.0. The Balaban J connectivity index is 0.937. The number of carbonyl (C=O) groups is 2. The topological polar surface area (TPSA) is 119 Å². The highest BCUT2D eigenvalue weighted by Crippen LogP contribution is 2.89. The van der Waals surface area contributed by atoms with E-state index in [1.54, 1.807) is 16.1 Å². The van der Waals surface area contributed by atoms with Crippen molar-refractivity contribution >= 4 is 12.2 Å². The maximum Gasteiger partial charge on any atom is 0.410 e. The predicted octanol–water partition coefficient (Wildman–Crippen LogP) is 6.28. The zero-order chi connectivity index (χ0) is 35.9. The van der Waals surface area contributed by atoms with E-state index in [2.05, 4.69) is 58.7 Å². The van der Waals surface area contributed by atoms with Crippen LogP contribution in [-0.4, -0.2) is 92.0 Å². The molecular formula is C40H61N5O6. The second-order valence-electron chi connectivity index (χ2n) is 19.7. The second-order valence-corrected chi connectivity index (χ2v) is 19.7. The molecule has 282 valence electrons. The molecule has 0 radical (unpaired) electrons. The number of nitrogens with zero attached hydrogens (tertiary/aromatic N) is 5. The van der Waals surface area contributed by atoms with Crippen LogP contribution in [0, 0.1) is 56.7 Å². The number of hydrogen-bond acceptors (Lipinski definition) is 8. The Kier molecular flexibility index (Phi) is 7.62. The Morgan fingerprint density at radius 3 is 2.43 bits per heavy atom. The quantitative estimate of drug-likeness (QED) is 0.389. The number of aliphatic hydroxyl groups is 1. The summed E-state index contributed by atoms with van der Waals surface area (Å²) in [6.45, 7) is 19.5. The number of aromatic nitrogens is 3. The minimum atomic E-state index is -0.561. The summed E-state index contributed by atoms with van der Waals surface area (Å²) in [6.07, 6.45) is 9.44. The summed E-state index contributed by atoms with van der Waals surface area (Å²) in [5.74, 6) is 2.48. The SMILES string of the molecule is CC(C)[C@@H](OC(=O)N1CCC1)C1C[C@@H](C)[C@H]2C(O1)[C@H](O)[C@@]1(C)C3CC[C@H]4C(C)(C)[C@@H](OC(=O)N5CCn6cnnc6C5)CC[C@@]45C[C@@]35CC[C@]21C. The Bertz CT molecular complexity index is 1580. The van der Waals surface area contributed by atoms with Gasteiger partial charge in [0.15, 0.2) is 5.82 Å². The average molecular weight is 708 g/mol. The maximum atomic E-state index is 13.5. The molecule has 11 heteroatoms. The summed E-state index contributed by atoms with van der Waals surface area (Å²) >= 11 is 0. The molecule has 7 fully saturated rings. The lowest BCUT2D eigenvalue weighted by Gasteiger charge is -2.63. The second kappa shape index (κ2) is 11.3. The number of aliphatic hydroxyl groups excluding tert-OH is 1. The van der Waals surface area contributed by atoms with Crippen LogP contribution in [0.15, 0.2) is 6.33 Å². The monoisotopic (exact) mass is 707 g/mol. The van der Waals surface area contributed by atoms with Crippen LogP contribution in [0.25, 0.3) is 0 Å². The van der Waals surface area contributed by atoms with E-state index < -0.39 is 6.10 Å². The smallest absolute Gasteiger partial charge is 0.410 e. The van der Waals surface area contributed by atoms with E-state index in [1.165, 1.54) is 12.8 Å². The molecule has 3 unspecified atom stereocenters. The summed E-state index contributed by atoms with van der Waals surface area (Å²) < 4.78 is 21.6. The van der Waals surface area contributed by atoms with E-state index in [1.807, 2.05) is 4.57 Å². The van der Waals surface area contributed by atoms with Crippen LogP contribution in [0.4, 0.5) is 9.59 Å². The van der Waals surface area contributed by atoms with Crippen molar-refractivity contribution in [2.45, 2.75) is 150 Å². The molecule has 1 aromatic heterocycles. The fraction of sp³-hybridized carbons (Fsp3) is 0.900. The van der Waals surface area contributed by atoms with E-state index in [4.69, 9.17) is 14.2 Å². The molecule has 3 aliphatic heterocycles. The van der Waals surface area contributed by atoms with E-state index in [0.717, 1.165) is 63.9 Å². The van der Waals surface area contributed by atoms with Gasteiger partial charge in [-0.1, -0.05) is 48.5 Å². The largest absolute Gasteiger partial charge is 0.446 e. The lowest BCUT2D eigenvalue weighted by Crippen LogP contribution is -2.60. The first-order valence-corrected chi connectivity index (χ1v) is 20.3. The van der Waals surface area contributed by atoms with Gasteiger partial charge in [0, 0.05) is 37.0 Å². The molecule has 2 saturated heterocycles. The van der Waals surface area contributed by atoms with E-state index >= 15 is 0 Å². The molecule has 5 aliphatic carbocycles. The molecule has 13 atom stereocenters. The first-order chi connectivity index (χ1) is 24.2. The number of amides is 2. The average Bonchev–Trinajstić information content (AvgIpc) is 3.40. The summed E-state index contributed by atoms with van der Waals surface area (Å²) in [4.78, 5) is 30.1. The molecule has 11 nitrogen and oxygen atoms in total. The fourth-order valence-electron chi connectivity index (χ4n) is 14.5. The minimum Gasteiger partial charge on any atom is -0.446 e. The molecule has 5 saturated carbocycles. The van der Waals surface area contributed by atoms with Crippen LogP contribution in [0.3, 0.4) is 0 Å². The van der Waals surface area contributed by atoms with Gasteiger partial charge in [-0.25, -0.2) is 9.59 Å². The van der Waals surface area contributed by atoms with Gasteiger partial charge >= 0.3 is 12.2 Å². The van der Waals surface area contributed by atoms with Gasteiger partial charge in [0.1, 0.15) is 18.5 Å². The van der Waals surface area contributed by atoms with Crippen LogP contribution in [0.2, 0.25) is 0 Å². The molecule has 2 spiro atoms. The Morgan fingerprint density at radius 1 is 0.961 bits per heavy atom. The molecule has 1 N–H and O–H groups in total. The number of hydrogen-bond donors (Lipinski definition) is 1. The Morgan fingerprint density at radius 2 is 1.71 bits per heavy atom. The van der Waals surface area contributed by atoms with E-state index in [0.29, 0.717) is 37.4 Å². The van der Waals surface area contributed by atoms with Gasteiger partial charge in [-0.3, -0.25) is 4.90 Å². The summed E-state index contributed by atoms with van der Waals surface area (Å²) in [5.41, 5.74) is 0.0349. The Labute approximate surface area is 303 Å². The number of rotatable bonds is 4. The number of ether oxygens (including phenoxy) is 3. The standard InChI is InChI=1S/C40H61N5O6/c1-23(2)31(51-34(47)43-15-8-16-43)25-19-24(3)30-32(49-25)33(46)38(7)27-10-9-26-36(4,5)28(11-12-39(26)21-40(27,39)14-13-37(30,38)6)50-35(48)44-17-18-45-22-41-42-29(45)20-44/h22-28,30-33,46H,8-21H2,1-7H3/t24-,25?,26+,27?,28+,30+,31-,32?,33+,37-,38-,39-,40+/m1/s1. The van der Waals surface area contributed by atoms with Gasteiger partial charge < -0.3 is 28.8 Å². The van der Waals surface area contributed by atoms with Crippen LogP contribution < -0.4 is 0 Å². The third-order valence-corrected chi connectivity index (χ3v) is 17.3. The molecule has 9 rings (SSSR count). The maximum absolute atomic E-state index is 13.5. The van der Waals surface area contributed by atoms with Crippen molar-refractivity contribution in [3.8, 4) is 0 Å².